The number of nitrogens with zero attached hydrogens (tertiary/aromatic N) is 1. The smallest absolute Gasteiger partial charge is 0.267 e. The Morgan fingerprint density at radius 3 is 2.84 bits per heavy atom. The van der Waals surface area contributed by atoms with E-state index in [1.165, 1.54) is 37.8 Å². The number of halogens is 1. The summed E-state index contributed by atoms with van der Waals surface area (Å²) in [5.74, 6) is 1.06. The summed E-state index contributed by atoms with van der Waals surface area (Å²) in [6.07, 6.45) is 6.95. The van der Waals surface area contributed by atoms with Crippen LogP contribution in [0.3, 0.4) is 0 Å². The second-order valence-corrected chi connectivity index (χ2v) is 5.54. The Morgan fingerprint density at radius 2 is 2.16 bits per heavy atom. The molecule has 2 saturated carbocycles. The molecule has 100 valence electrons. The zero-order valence-electron chi connectivity index (χ0n) is 10.7. The molecule has 0 saturated heterocycles. The number of carbonyl (C=O) groups is 1. The van der Waals surface area contributed by atoms with Gasteiger partial charge in [-0.1, -0.05) is 18.6 Å². The molecule has 3 unspecified atom stereocenters. The van der Waals surface area contributed by atoms with Crippen molar-refractivity contribution in [3.05, 3.63) is 35.6 Å². The number of hydrogen-bond donors (Lipinski definition) is 1. The highest BCUT2D eigenvalue weighted by Gasteiger charge is 2.38. The molecular weight excluding hydrogens is 243 g/mol. The summed E-state index contributed by atoms with van der Waals surface area (Å²) in [6, 6.07) is 5.93. The van der Waals surface area contributed by atoms with Crippen molar-refractivity contribution in [3.8, 4) is 0 Å². The van der Waals surface area contributed by atoms with Crippen LogP contribution in [0.25, 0.3) is 0 Å². The lowest BCUT2D eigenvalue weighted by molar-refractivity contribution is 0.0951. The number of nitrogens with one attached hydrogen (secondary N) is 1. The molecule has 1 aromatic rings. The molecule has 0 aliphatic heterocycles. The second kappa shape index (κ2) is 5.11. The van der Waals surface area contributed by atoms with E-state index in [1.807, 2.05) is 6.21 Å². The maximum Gasteiger partial charge on any atom is 0.274 e. The van der Waals surface area contributed by atoms with E-state index < -0.39 is 11.7 Å². The third-order valence-corrected chi connectivity index (χ3v) is 4.34. The molecular formula is C15H17FN2O. The summed E-state index contributed by atoms with van der Waals surface area (Å²) in [6.45, 7) is 0. The number of benzene rings is 1. The Morgan fingerprint density at radius 1 is 1.32 bits per heavy atom. The first-order chi connectivity index (χ1) is 9.24. The fourth-order valence-electron chi connectivity index (χ4n) is 3.37. The highest BCUT2D eigenvalue weighted by molar-refractivity contribution is 5.94. The van der Waals surface area contributed by atoms with Gasteiger partial charge in [0.15, 0.2) is 0 Å². The lowest BCUT2D eigenvalue weighted by Crippen LogP contribution is -2.21. The Labute approximate surface area is 111 Å². The van der Waals surface area contributed by atoms with Crippen molar-refractivity contribution in [2.75, 3.05) is 0 Å². The molecule has 0 spiro atoms. The average molecular weight is 260 g/mol. The molecule has 2 aliphatic carbocycles. The fourth-order valence-corrected chi connectivity index (χ4v) is 3.37. The van der Waals surface area contributed by atoms with Gasteiger partial charge in [0, 0.05) is 6.21 Å². The molecule has 2 bridgehead atoms. The van der Waals surface area contributed by atoms with Crippen molar-refractivity contribution in [1.82, 2.24) is 5.43 Å². The summed E-state index contributed by atoms with van der Waals surface area (Å²) >= 11 is 0. The van der Waals surface area contributed by atoms with Crippen LogP contribution in [-0.2, 0) is 0 Å². The molecule has 1 N–H and O–H groups in total. The van der Waals surface area contributed by atoms with Crippen LogP contribution in [0.2, 0.25) is 0 Å². The van der Waals surface area contributed by atoms with Crippen molar-refractivity contribution in [1.29, 1.82) is 0 Å². The Kier molecular flexibility index (Phi) is 3.32. The quantitative estimate of drug-likeness (QED) is 0.659. The van der Waals surface area contributed by atoms with Crippen molar-refractivity contribution < 1.29 is 9.18 Å². The van der Waals surface area contributed by atoms with E-state index in [4.69, 9.17) is 0 Å². The van der Waals surface area contributed by atoms with E-state index in [1.54, 1.807) is 12.1 Å². The number of carbonyl (C=O) groups excluding carboxylic acids is 1. The molecule has 19 heavy (non-hydrogen) atoms. The highest BCUT2D eigenvalue weighted by atomic mass is 19.1. The third kappa shape index (κ3) is 2.53. The standard InChI is InChI=1S/C15H17FN2O/c16-14-4-2-1-3-13(14)15(19)18-17-9-12-8-10-5-6-11(12)7-10/h1-4,9-12H,5-8H2,(H,18,19). The average Bonchev–Trinajstić information content (AvgIpc) is 3.01. The molecule has 0 radical (unpaired) electrons. The van der Waals surface area contributed by atoms with Gasteiger partial charge in [0.1, 0.15) is 5.82 Å². The Bertz CT molecular complexity index is 515. The van der Waals surface area contributed by atoms with Gasteiger partial charge in [0.05, 0.1) is 5.56 Å². The molecule has 2 fully saturated rings. The van der Waals surface area contributed by atoms with Crippen molar-refractivity contribution in [3.63, 3.8) is 0 Å². The molecule has 2 aliphatic rings. The van der Waals surface area contributed by atoms with Crippen LogP contribution in [0.15, 0.2) is 29.4 Å². The summed E-state index contributed by atoms with van der Waals surface area (Å²) in [7, 11) is 0. The number of rotatable bonds is 3. The summed E-state index contributed by atoms with van der Waals surface area (Å²) < 4.78 is 13.4. The summed E-state index contributed by atoms with van der Waals surface area (Å²) in [5, 5.41) is 4.00. The predicted molar refractivity (Wildman–Crippen MR) is 71.3 cm³/mol. The lowest BCUT2D eigenvalue weighted by atomic mass is 9.90. The first-order valence-corrected chi connectivity index (χ1v) is 6.82. The number of amides is 1. The van der Waals surface area contributed by atoms with Gasteiger partial charge >= 0.3 is 0 Å². The van der Waals surface area contributed by atoms with Crippen LogP contribution in [0.1, 0.15) is 36.0 Å². The third-order valence-electron chi connectivity index (χ3n) is 4.34. The van der Waals surface area contributed by atoms with Gasteiger partial charge in [-0.05, 0) is 49.1 Å². The van der Waals surface area contributed by atoms with Gasteiger partial charge in [0.25, 0.3) is 5.91 Å². The maximum atomic E-state index is 13.4. The van der Waals surface area contributed by atoms with Crippen LogP contribution < -0.4 is 5.43 Å². The second-order valence-electron chi connectivity index (χ2n) is 5.54. The van der Waals surface area contributed by atoms with Gasteiger partial charge in [-0.2, -0.15) is 5.10 Å². The largest absolute Gasteiger partial charge is 0.274 e. The normalized spacial score (nSPS) is 29.0. The van der Waals surface area contributed by atoms with Crippen LogP contribution in [0.4, 0.5) is 4.39 Å². The van der Waals surface area contributed by atoms with Gasteiger partial charge in [-0.25, -0.2) is 9.82 Å². The van der Waals surface area contributed by atoms with E-state index in [0.717, 1.165) is 11.8 Å². The van der Waals surface area contributed by atoms with E-state index in [-0.39, 0.29) is 5.56 Å². The number of hydrogen-bond acceptors (Lipinski definition) is 2. The van der Waals surface area contributed by atoms with Crippen LogP contribution in [0, 0.1) is 23.6 Å². The minimum absolute atomic E-state index is 0.0348. The molecule has 3 rings (SSSR count). The van der Waals surface area contributed by atoms with Crippen molar-refractivity contribution in [2.24, 2.45) is 22.9 Å². The van der Waals surface area contributed by atoms with E-state index >= 15 is 0 Å². The summed E-state index contributed by atoms with van der Waals surface area (Å²) in [4.78, 5) is 11.7. The minimum atomic E-state index is -0.518. The monoisotopic (exact) mass is 260 g/mol. The molecule has 0 aromatic heterocycles. The Hall–Kier alpha value is -1.71. The van der Waals surface area contributed by atoms with Crippen molar-refractivity contribution >= 4 is 12.1 Å². The zero-order chi connectivity index (χ0) is 13.2. The molecule has 1 amide bonds. The van der Waals surface area contributed by atoms with Crippen LogP contribution >= 0.6 is 0 Å². The van der Waals surface area contributed by atoms with E-state index in [2.05, 4.69) is 10.5 Å². The predicted octanol–water partition coefficient (Wildman–Crippen LogP) is 2.98. The lowest BCUT2D eigenvalue weighted by Gasteiger charge is -2.16. The molecule has 4 heteroatoms. The van der Waals surface area contributed by atoms with Gasteiger partial charge in [-0.15, -0.1) is 0 Å². The summed E-state index contributed by atoms with van der Waals surface area (Å²) in [5.41, 5.74) is 2.45. The van der Waals surface area contributed by atoms with E-state index in [0.29, 0.717) is 5.92 Å². The molecule has 3 atom stereocenters. The zero-order valence-corrected chi connectivity index (χ0v) is 10.7. The first-order valence-electron chi connectivity index (χ1n) is 6.82. The maximum absolute atomic E-state index is 13.4. The van der Waals surface area contributed by atoms with Gasteiger partial charge < -0.3 is 0 Å². The first kappa shape index (κ1) is 12.3. The number of fused-ring (bicyclic) bond motifs is 2. The Balaban J connectivity index is 1.58. The van der Waals surface area contributed by atoms with Crippen LogP contribution in [-0.4, -0.2) is 12.1 Å². The van der Waals surface area contributed by atoms with Gasteiger partial charge in [0.2, 0.25) is 0 Å². The van der Waals surface area contributed by atoms with Gasteiger partial charge in [-0.3, -0.25) is 4.79 Å². The molecule has 1 aromatic carbocycles. The molecule has 3 nitrogen and oxygen atoms in total. The highest BCUT2D eigenvalue weighted by Crippen LogP contribution is 2.47. The topological polar surface area (TPSA) is 41.5 Å². The van der Waals surface area contributed by atoms with Crippen LogP contribution in [0.5, 0.6) is 0 Å². The van der Waals surface area contributed by atoms with E-state index in [9.17, 15) is 9.18 Å². The molecule has 0 heterocycles. The number of hydrazone groups is 1. The van der Waals surface area contributed by atoms with Crippen molar-refractivity contribution in [2.45, 2.75) is 25.7 Å². The SMILES string of the molecule is O=C(NN=CC1CC2CCC1C2)c1ccccc1F. The fraction of sp³-hybridized carbons (Fsp3) is 0.467. The minimum Gasteiger partial charge on any atom is -0.267 e.